The van der Waals surface area contributed by atoms with Gasteiger partial charge in [0, 0.05) is 6.20 Å². The number of rotatable bonds is 3. The molecule has 1 aliphatic carbocycles. The number of aromatic nitrogens is 1. The van der Waals surface area contributed by atoms with Crippen LogP contribution in [0, 0.1) is 11.3 Å². The predicted octanol–water partition coefficient (Wildman–Crippen LogP) is 1.72. The van der Waals surface area contributed by atoms with E-state index in [9.17, 15) is 4.79 Å². The number of thiocarbonyl (C=S) groups is 1. The highest BCUT2D eigenvalue weighted by Crippen LogP contribution is 2.46. The van der Waals surface area contributed by atoms with Crippen molar-refractivity contribution < 1.29 is 4.79 Å². The van der Waals surface area contributed by atoms with Crippen LogP contribution < -0.4 is 11.1 Å². The van der Waals surface area contributed by atoms with E-state index < -0.39 is 5.41 Å². The Hall–Kier alpha value is -1.49. The summed E-state index contributed by atoms with van der Waals surface area (Å²) in [5, 5.41) is 2.77. The number of hydrogen-bond acceptors (Lipinski definition) is 3. The summed E-state index contributed by atoms with van der Waals surface area (Å²) < 4.78 is 0. The maximum absolute atomic E-state index is 12.2. The van der Waals surface area contributed by atoms with Crippen molar-refractivity contribution in [1.82, 2.24) is 4.98 Å². The van der Waals surface area contributed by atoms with Gasteiger partial charge >= 0.3 is 0 Å². The average Bonchev–Trinajstić information content (AvgIpc) is 2.25. The van der Waals surface area contributed by atoms with Gasteiger partial charge < -0.3 is 11.1 Å². The molecule has 0 saturated heterocycles. The van der Waals surface area contributed by atoms with Gasteiger partial charge in [-0.25, -0.2) is 4.98 Å². The van der Waals surface area contributed by atoms with E-state index in [0.717, 1.165) is 12.8 Å². The zero-order valence-corrected chi connectivity index (χ0v) is 10.5. The minimum atomic E-state index is -0.674. The molecule has 0 spiro atoms. The summed E-state index contributed by atoms with van der Waals surface area (Å²) in [7, 11) is 0. The number of amides is 1. The number of nitrogens with one attached hydrogen (secondary N) is 1. The second kappa shape index (κ2) is 4.41. The summed E-state index contributed by atoms with van der Waals surface area (Å²) in [6.45, 7) is 2.09. The normalized spacial score (nSPS) is 27.0. The van der Waals surface area contributed by atoms with Crippen LogP contribution in [0.1, 0.15) is 19.8 Å². The van der Waals surface area contributed by atoms with E-state index in [2.05, 4.69) is 17.2 Å². The van der Waals surface area contributed by atoms with Crippen molar-refractivity contribution in [3.05, 3.63) is 24.4 Å². The van der Waals surface area contributed by atoms with Crippen molar-refractivity contribution in [2.45, 2.75) is 19.8 Å². The molecule has 0 bridgehead atoms. The molecule has 1 aliphatic rings. The molecule has 90 valence electrons. The molecule has 1 amide bonds. The number of nitrogens with zero attached hydrogens (tertiary/aromatic N) is 1. The molecule has 5 heteroatoms. The quantitative estimate of drug-likeness (QED) is 0.800. The smallest absolute Gasteiger partial charge is 0.238 e. The van der Waals surface area contributed by atoms with Crippen molar-refractivity contribution in [2.24, 2.45) is 17.1 Å². The van der Waals surface area contributed by atoms with Crippen molar-refractivity contribution in [3.8, 4) is 0 Å². The van der Waals surface area contributed by atoms with Crippen molar-refractivity contribution in [3.63, 3.8) is 0 Å². The fourth-order valence-electron chi connectivity index (χ4n) is 2.30. The topological polar surface area (TPSA) is 68.0 Å². The van der Waals surface area contributed by atoms with Crippen LogP contribution in [0.5, 0.6) is 0 Å². The van der Waals surface area contributed by atoms with Gasteiger partial charge in [-0.2, -0.15) is 0 Å². The van der Waals surface area contributed by atoms with Crippen LogP contribution in [0.3, 0.4) is 0 Å². The lowest BCUT2D eigenvalue weighted by atomic mass is 9.62. The first-order chi connectivity index (χ1) is 8.04. The lowest BCUT2D eigenvalue weighted by Crippen LogP contribution is -2.53. The monoisotopic (exact) mass is 249 g/mol. The molecule has 0 aromatic carbocycles. The summed E-state index contributed by atoms with van der Waals surface area (Å²) in [5.74, 6) is 0.889. The van der Waals surface area contributed by atoms with E-state index >= 15 is 0 Å². The number of pyridine rings is 1. The van der Waals surface area contributed by atoms with Gasteiger partial charge in [-0.05, 0) is 30.9 Å². The highest BCUT2D eigenvalue weighted by Gasteiger charge is 2.50. The first-order valence-corrected chi connectivity index (χ1v) is 5.98. The molecule has 3 N–H and O–H groups in total. The zero-order valence-electron chi connectivity index (χ0n) is 9.64. The summed E-state index contributed by atoms with van der Waals surface area (Å²) in [6, 6.07) is 5.36. The van der Waals surface area contributed by atoms with Crippen LogP contribution in [-0.2, 0) is 4.79 Å². The van der Waals surface area contributed by atoms with Crippen molar-refractivity contribution in [1.29, 1.82) is 0 Å². The summed E-state index contributed by atoms with van der Waals surface area (Å²) in [4.78, 5) is 16.5. The van der Waals surface area contributed by atoms with Gasteiger partial charge in [-0.15, -0.1) is 0 Å². The molecule has 0 aliphatic heterocycles. The van der Waals surface area contributed by atoms with Gasteiger partial charge in [0.2, 0.25) is 5.91 Å². The van der Waals surface area contributed by atoms with Gasteiger partial charge in [0.1, 0.15) is 5.82 Å². The van der Waals surface area contributed by atoms with Gasteiger partial charge in [-0.3, -0.25) is 4.79 Å². The van der Waals surface area contributed by atoms with E-state index in [1.807, 2.05) is 6.07 Å². The summed E-state index contributed by atoms with van der Waals surface area (Å²) in [6.07, 6.45) is 3.08. The first kappa shape index (κ1) is 12.0. The zero-order chi connectivity index (χ0) is 12.5. The highest BCUT2D eigenvalue weighted by molar-refractivity contribution is 7.80. The largest absolute Gasteiger partial charge is 0.392 e. The Balaban J connectivity index is 2.12. The standard InChI is InChI=1S/C12H15N3OS/c1-8-6-12(7-8,10(13)17)11(16)15-9-4-2-3-5-14-9/h2-5,8H,6-7H2,1H3,(H2,13,17)(H,14,15,16). The Morgan fingerprint density at radius 2 is 2.29 bits per heavy atom. The third-order valence-electron chi connectivity index (χ3n) is 3.21. The van der Waals surface area contributed by atoms with Gasteiger partial charge in [0.15, 0.2) is 0 Å². The van der Waals surface area contributed by atoms with Gasteiger partial charge in [-0.1, -0.05) is 25.2 Å². The fourth-order valence-corrected chi connectivity index (χ4v) is 2.56. The minimum absolute atomic E-state index is 0.137. The van der Waals surface area contributed by atoms with Crippen molar-refractivity contribution >= 4 is 28.9 Å². The Morgan fingerprint density at radius 1 is 1.59 bits per heavy atom. The maximum atomic E-state index is 12.2. The molecule has 17 heavy (non-hydrogen) atoms. The molecule has 0 atom stereocenters. The van der Waals surface area contributed by atoms with E-state index in [1.165, 1.54) is 0 Å². The van der Waals surface area contributed by atoms with Crippen LogP contribution in [0.2, 0.25) is 0 Å². The molecular weight excluding hydrogens is 234 g/mol. The molecule has 1 aromatic rings. The molecule has 0 radical (unpaired) electrons. The molecule has 1 heterocycles. The number of carbonyl (C=O) groups is 1. The fraction of sp³-hybridized carbons (Fsp3) is 0.417. The minimum Gasteiger partial charge on any atom is -0.392 e. The summed E-state index contributed by atoms with van der Waals surface area (Å²) >= 11 is 5.02. The maximum Gasteiger partial charge on any atom is 0.238 e. The number of anilines is 1. The van der Waals surface area contributed by atoms with Crippen LogP contribution in [0.4, 0.5) is 5.82 Å². The Labute approximate surface area is 106 Å². The van der Waals surface area contributed by atoms with E-state index in [-0.39, 0.29) is 10.9 Å². The molecule has 0 unspecified atom stereocenters. The lowest BCUT2D eigenvalue weighted by Gasteiger charge is -2.43. The molecular formula is C12H15N3OS. The third kappa shape index (κ3) is 2.15. The number of nitrogens with two attached hydrogens (primary N) is 1. The van der Waals surface area contributed by atoms with Crippen LogP contribution in [-0.4, -0.2) is 15.9 Å². The Kier molecular flexibility index (Phi) is 3.11. The molecule has 2 rings (SSSR count). The van der Waals surface area contributed by atoms with Crippen LogP contribution in [0.15, 0.2) is 24.4 Å². The van der Waals surface area contributed by atoms with E-state index in [0.29, 0.717) is 11.7 Å². The SMILES string of the molecule is CC1CC(C(=O)Nc2ccccn2)(C(N)=S)C1. The first-order valence-electron chi connectivity index (χ1n) is 5.57. The average molecular weight is 249 g/mol. The third-order valence-corrected chi connectivity index (χ3v) is 3.60. The number of hydrogen-bond donors (Lipinski definition) is 2. The Morgan fingerprint density at radius 3 is 2.76 bits per heavy atom. The van der Waals surface area contributed by atoms with Gasteiger partial charge in [0.25, 0.3) is 0 Å². The second-order valence-corrected chi connectivity index (χ2v) is 5.07. The molecule has 1 saturated carbocycles. The van der Waals surface area contributed by atoms with Crippen LogP contribution >= 0.6 is 12.2 Å². The van der Waals surface area contributed by atoms with Crippen molar-refractivity contribution in [2.75, 3.05) is 5.32 Å². The molecule has 1 aromatic heterocycles. The molecule has 4 nitrogen and oxygen atoms in total. The predicted molar refractivity (Wildman–Crippen MR) is 70.5 cm³/mol. The van der Waals surface area contributed by atoms with Gasteiger partial charge in [0.05, 0.1) is 10.4 Å². The molecule has 1 fully saturated rings. The Bertz CT molecular complexity index is 440. The highest BCUT2D eigenvalue weighted by atomic mass is 32.1. The second-order valence-electron chi connectivity index (χ2n) is 4.63. The lowest BCUT2D eigenvalue weighted by molar-refractivity contribution is -0.127. The summed E-state index contributed by atoms with van der Waals surface area (Å²) in [5.41, 5.74) is 5.03. The van der Waals surface area contributed by atoms with E-state index in [4.69, 9.17) is 18.0 Å². The number of carbonyl (C=O) groups excluding carboxylic acids is 1. The van der Waals surface area contributed by atoms with E-state index in [1.54, 1.807) is 18.3 Å². The van der Waals surface area contributed by atoms with Crippen LogP contribution in [0.25, 0.3) is 0 Å².